The first-order valence-corrected chi connectivity index (χ1v) is 8.98. The second kappa shape index (κ2) is 7.70. The minimum atomic E-state index is -0.306. The quantitative estimate of drug-likeness (QED) is 0.843. The van der Waals surface area contributed by atoms with Crippen LogP contribution in [0.4, 0.5) is 10.5 Å². The van der Waals surface area contributed by atoms with Crippen LogP contribution in [-0.4, -0.2) is 80.4 Å². The average molecular weight is 371 g/mol. The molecule has 10 heteroatoms. The Labute approximate surface area is 156 Å². The Morgan fingerprint density at radius 1 is 1.15 bits per heavy atom. The van der Waals surface area contributed by atoms with E-state index in [4.69, 9.17) is 4.74 Å². The fourth-order valence-electron chi connectivity index (χ4n) is 3.23. The van der Waals surface area contributed by atoms with Crippen molar-refractivity contribution in [1.29, 1.82) is 0 Å². The van der Waals surface area contributed by atoms with Crippen LogP contribution in [0.5, 0.6) is 0 Å². The summed E-state index contributed by atoms with van der Waals surface area (Å²) in [6.45, 7) is 2.69. The molecule has 0 bridgehead atoms. The molecule has 0 aromatic carbocycles. The Hall–Kier alpha value is -3.01. The van der Waals surface area contributed by atoms with E-state index in [1.54, 1.807) is 34.5 Å². The third kappa shape index (κ3) is 3.90. The number of hydrogen-bond donors (Lipinski definition) is 1. The molecule has 1 atom stereocenters. The van der Waals surface area contributed by atoms with Gasteiger partial charge in [-0.1, -0.05) is 0 Å². The van der Waals surface area contributed by atoms with E-state index in [-0.39, 0.29) is 18.0 Å². The summed E-state index contributed by atoms with van der Waals surface area (Å²) in [4.78, 5) is 36.4. The van der Waals surface area contributed by atoms with Gasteiger partial charge in [0.05, 0.1) is 11.9 Å². The first kappa shape index (κ1) is 17.4. The SMILES string of the molecule is O=C(Nc1ccc(-n2cncn2)nc1)N1CCN(C(=O)C2CCCO2)CC1. The highest BCUT2D eigenvalue weighted by Gasteiger charge is 2.31. The van der Waals surface area contributed by atoms with Gasteiger partial charge < -0.3 is 19.9 Å². The first-order valence-electron chi connectivity index (χ1n) is 8.98. The molecule has 0 spiro atoms. The molecule has 3 amide bonds. The van der Waals surface area contributed by atoms with Gasteiger partial charge in [0.1, 0.15) is 18.8 Å². The second-order valence-corrected chi connectivity index (χ2v) is 6.49. The normalized spacial score (nSPS) is 19.9. The van der Waals surface area contributed by atoms with E-state index >= 15 is 0 Å². The number of amides is 3. The largest absolute Gasteiger partial charge is 0.368 e. The van der Waals surface area contributed by atoms with Crippen LogP contribution in [0.2, 0.25) is 0 Å². The van der Waals surface area contributed by atoms with E-state index in [1.165, 1.54) is 11.0 Å². The van der Waals surface area contributed by atoms with Crippen LogP contribution >= 0.6 is 0 Å². The van der Waals surface area contributed by atoms with Crippen LogP contribution in [0.3, 0.4) is 0 Å². The van der Waals surface area contributed by atoms with E-state index < -0.39 is 0 Å². The number of piperazine rings is 1. The predicted molar refractivity (Wildman–Crippen MR) is 95.3 cm³/mol. The summed E-state index contributed by atoms with van der Waals surface area (Å²) in [5, 5.41) is 6.84. The van der Waals surface area contributed by atoms with Crippen molar-refractivity contribution in [3.63, 3.8) is 0 Å². The zero-order chi connectivity index (χ0) is 18.6. The number of rotatable bonds is 3. The molecule has 0 aliphatic carbocycles. The molecular formula is C17H21N7O3. The highest BCUT2D eigenvalue weighted by atomic mass is 16.5. The smallest absolute Gasteiger partial charge is 0.322 e. The standard InChI is InChI=1S/C17H21N7O3/c25-16(14-2-1-9-27-14)22-5-7-23(8-6-22)17(26)21-13-3-4-15(19-10-13)24-12-18-11-20-24/h3-4,10-12,14H,1-2,5-9H2,(H,21,26). The van der Waals surface area contributed by atoms with Gasteiger partial charge >= 0.3 is 6.03 Å². The average Bonchev–Trinajstić information content (AvgIpc) is 3.42. The molecule has 142 valence electrons. The molecule has 2 fully saturated rings. The van der Waals surface area contributed by atoms with Crippen molar-refractivity contribution in [2.24, 2.45) is 0 Å². The third-order valence-corrected chi connectivity index (χ3v) is 4.74. The molecular weight excluding hydrogens is 350 g/mol. The molecule has 2 aromatic heterocycles. The van der Waals surface area contributed by atoms with Crippen molar-refractivity contribution in [3.05, 3.63) is 31.0 Å². The number of urea groups is 1. The molecule has 1 N–H and O–H groups in total. The van der Waals surface area contributed by atoms with Crippen LogP contribution in [0.1, 0.15) is 12.8 Å². The lowest BCUT2D eigenvalue weighted by atomic mass is 10.2. The van der Waals surface area contributed by atoms with Gasteiger partial charge in [0.15, 0.2) is 5.82 Å². The maximum absolute atomic E-state index is 12.4. The van der Waals surface area contributed by atoms with Gasteiger partial charge in [0.2, 0.25) is 0 Å². The van der Waals surface area contributed by atoms with E-state index in [0.717, 1.165) is 12.8 Å². The van der Waals surface area contributed by atoms with Gasteiger partial charge in [-0.2, -0.15) is 5.10 Å². The number of carbonyl (C=O) groups excluding carboxylic acids is 2. The Bertz CT molecular complexity index is 779. The Balaban J connectivity index is 1.28. The third-order valence-electron chi connectivity index (χ3n) is 4.74. The highest BCUT2D eigenvalue weighted by molar-refractivity contribution is 5.89. The minimum Gasteiger partial charge on any atom is -0.368 e. The lowest BCUT2D eigenvalue weighted by molar-refractivity contribution is -0.142. The van der Waals surface area contributed by atoms with Gasteiger partial charge in [-0.25, -0.2) is 19.4 Å². The van der Waals surface area contributed by atoms with Crippen molar-refractivity contribution >= 4 is 17.6 Å². The molecule has 2 saturated heterocycles. The summed E-state index contributed by atoms with van der Waals surface area (Å²) in [5.41, 5.74) is 0.599. The van der Waals surface area contributed by atoms with E-state index in [1.807, 2.05) is 0 Å². The molecule has 10 nitrogen and oxygen atoms in total. The molecule has 2 aromatic rings. The molecule has 2 aliphatic rings. The van der Waals surface area contributed by atoms with Crippen LogP contribution in [0.25, 0.3) is 5.82 Å². The van der Waals surface area contributed by atoms with Crippen LogP contribution < -0.4 is 5.32 Å². The van der Waals surface area contributed by atoms with Crippen LogP contribution in [0.15, 0.2) is 31.0 Å². The summed E-state index contributed by atoms with van der Waals surface area (Å²) >= 11 is 0. The summed E-state index contributed by atoms with van der Waals surface area (Å²) in [6, 6.07) is 3.32. The zero-order valence-corrected chi connectivity index (χ0v) is 14.8. The molecule has 4 heterocycles. The monoisotopic (exact) mass is 371 g/mol. The summed E-state index contributed by atoms with van der Waals surface area (Å²) in [5.74, 6) is 0.659. The van der Waals surface area contributed by atoms with Gasteiger partial charge in [0.25, 0.3) is 5.91 Å². The fourth-order valence-corrected chi connectivity index (χ4v) is 3.23. The number of nitrogens with one attached hydrogen (secondary N) is 1. The van der Waals surface area contributed by atoms with Crippen molar-refractivity contribution in [1.82, 2.24) is 29.5 Å². The topological polar surface area (TPSA) is 105 Å². The summed E-state index contributed by atoms with van der Waals surface area (Å²) in [6.07, 6.45) is 5.98. The number of carbonyl (C=O) groups is 2. The van der Waals surface area contributed by atoms with Gasteiger partial charge in [-0.05, 0) is 25.0 Å². The lowest BCUT2D eigenvalue weighted by Crippen LogP contribution is -2.53. The van der Waals surface area contributed by atoms with E-state index in [2.05, 4.69) is 20.4 Å². The fraction of sp³-hybridized carbons (Fsp3) is 0.471. The number of nitrogens with zero attached hydrogens (tertiary/aromatic N) is 6. The summed E-state index contributed by atoms with van der Waals surface area (Å²) < 4.78 is 6.99. The lowest BCUT2D eigenvalue weighted by Gasteiger charge is -2.35. The predicted octanol–water partition coefficient (Wildman–Crippen LogP) is 0.517. The van der Waals surface area contributed by atoms with E-state index in [0.29, 0.717) is 44.3 Å². The van der Waals surface area contributed by atoms with Crippen molar-refractivity contribution in [2.45, 2.75) is 18.9 Å². The highest BCUT2D eigenvalue weighted by Crippen LogP contribution is 2.16. The number of hydrogen-bond acceptors (Lipinski definition) is 6. The van der Waals surface area contributed by atoms with Crippen molar-refractivity contribution in [2.75, 3.05) is 38.1 Å². The first-order chi connectivity index (χ1) is 13.2. The number of aromatic nitrogens is 4. The maximum atomic E-state index is 12.4. The van der Waals surface area contributed by atoms with Crippen LogP contribution in [0, 0.1) is 0 Å². The Kier molecular flexibility index (Phi) is 4.97. The molecule has 27 heavy (non-hydrogen) atoms. The second-order valence-electron chi connectivity index (χ2n) is 6.49. The molecule has 1 unspecified atom stereocenters. The van der Waals surface area contributed by atoms with E-state index in [9.17, 15) is 9.59 Å². The summed E-state index contributed by atoms with van der Waals surface area (Å²) in [7, 11) is 0. The maximum Gasteiger partial charge on any atom is 0.322 e. The Morgan fingerprint density at radius 2 is 1.96 bits per heavy atom. The molecule has 4 rings (SSSR count). The van der Waals surface area contributed by atoms with Gasteiger partial charge in [-0.15, -0.1) is 0 Å². The molecule has 0 radical (unpaired) electrons. The van der Waals surface area contributed by atoms with Crippen molar-refractivity contribution in [3.8, 4) is 5.82 Å². The number of ether oxygens (including phenoxy) is 1. The van der Waals surface area contributed by atoms with Gasteiger partial charge in [-0.3, -0.25) is 4.79 Å². The minimum absolute atomic E-state index is 0.0421. The Morgan fingerprint density at radius 3 is 2.59 bits per heavy atom. The molecule has 2 aliphatic heterocycles. The van der Waals surface area contributed by atoms with Gasteiger partial charge in [0, 0.05) is 32.8 Å². The number of pyridine rings is 1. The molecule has 0 saturated carbocycles. The van der Waals surface area contributed by atoms with Crippen molar-refractivity contribution < 1.29 is 14.3 Å². The van der Waals surface area contributed by atoms with Crippen LogP contribution in [-0.2, 0) is 9.53 Å². The zero-order valence-electron chi connectivity index (χ0n) is 14.8. The number of anilines is 1.